The van der Waals surface area contributed by atoms with Crippen LogP contribution in [-0.4, -0.2) is 17.9 Å². The Bertz CT molecular complexity index is 1020. The third kappa shape index (κ3) is 4.37. The molecule has 0 saturated carbocycles. The number of Topliss-reactive ketones (excluding diaryl/α,β-unsaturated/α-hetero) is 1. The number of hydrogen-bond acceptors (Lipinski definition) is 4. The predicted octanol–water partition coefficient (Wildman–Crippen LogP) is 5.40. The van der Waals surface area contributed by atoms with Crippen molar-refractivity contribution in [3.63, 3.8) is 0 Å². The van der Waals surface area contributed by atoms with Crippen molar-refractivity contribution in [3.05, 3.63) is 95.1 Å². The monoisotopic (exact) mass is 386 g/mol. The van der Waals surface area contributed by atoms with E-state index < -0.39 is 12.1 Å². The van der Waals surface area contributed by atoms with Crippen molar-refractivity contribution in [2.45, 2.75) is 32.3 Å². The summed E-state index contributed by atoms with van der Waals surface area (Å²) in [6, 6.07) is 21.8. The van der Waals surface area contributed by atoms with Crippen LogP contribution in [0.15, 0.2) is 72.8 Å². The van der Waals surface area contributed by atoms with Crippen molar-refractivity contribution >= 4 is 11.8 Å². The number of fused-ring (bicyclic) bond motifs is 1. The minimum Gasteiger partial charge on any atom is -0.457 e. The Kier molecular flexibility index (Phi) is 5.43. The van der Waals surface area contributed by atoms with Gasteiger partial charge in [-0.25, -0.2) is 4.79 Å². The minimum atomic E-state index is -0.845. The van der Waals surface area contributed by atoms with E-state index in [-0.39, 0.29) is 5.78 Å². The van der Waals surface area contributed by atoms with Gasteiger partial charge in [-0.1, -0.05) is 30.3 Å². The lowest BCUT2D eigenvalue weighted by Gasteiger charge is -2.13. The molecule has 0 N–H and O–H groups in total. The van der Waals surface area contributed by atoms with E-state index in [1.54, 1.807) is 31.2 Å². The Morgan fingerprint density at radius 1 is 0.793 bits per heavy atom. The summed E-state index contributed by atoms with van der Waals surface area (Å²) in [6.45, 7) is 1.61. The molecule has 0 aromatic heterocycles. The lowest BCUT2D eigenvalue weighted by Crippen LogP contribution is -2.24. The molecule has 0 spiro atoms. The summed E-state index contributed by atoms with van der Waals surface area (Å²) in [5, 5.41) is 0. The molecule has 3 aromatic rings. The van der Waals surface area contributed by atoms with E-state index in [0.717, 1.165) is 25.0 Å². The number of para-hydroxylation sites is 1. The van der Waals surface area contributed by atoms with Gasteiger partial charge in [0.05, 0.1) is 5.56 Å². The molecule has 0 amide bonds. The Morgan fingerprint density at radius 2 is 1.45 bits per heavy atom. The molecule has 0 bridgehead atoms. The Morgan fingerprint density at radius 3 is 2.21 bits per heavy atom. The number of hydrogen-bond donors (Lipinski definition) is 0. The van der Waals surface area contributed by atoms with Gasteiger partial charge in [-0.15, -0.1) is 0 Å². The van der Waals surface area contributed by atoms with Crippen LogP contribution in [0, 0.1) is 0 Å². The van der Waals surface area contributed by atoms with E-state index in [4.69, 9.17) is 9.47 Å². The fraction of sp³-hybridized carbons (Fsp3) is 0.200. The Balaban J connectivity index is 1.38. The molecule has 0 heterocycles. The van der Waals surface area contributed by atoms with Crippen molar-refractivity contribution in [2.24, 2.45) is 0 Å². The number of aryl methyl sites for hydroxylation is 2. The standard InChI is InChI=1S/C25H22O4/c1-17(24(26)21-11-10-18-6-5-7-20(18)16-21)28-25(27)19-12-14-23(15-13-19)29-22-8-3-2-4-9-22/h2-4,8-17H,5-7H2,1H3/t17-/m1/s1. The molecular formula is C25H22O4. The summed E-state index contributed by atoms with van der Waals surface area (Å²) < 4.78 is 11.1. The van der Waals surface area contributed by atoms with E-state index in [9.17, 15) is 9.59 Å². The van der Waals surface area contributed by atoms with Gasteiger partial charge < -0.3 is 9.47 Å². The van der Waals surface area contributed by atoms with Crippen molar-refractivity contribution in [1.29, 1.82) is 0 Å². The Hall–Kier alpha value is -3.40. The minimum absolute atomic E-state index is 0.183. The lowest BCUT2D eigenvalue weighted by atomic mass is 10.0. The number of carbonyl (C=O) groups excluding carboxylic acids is 2. The molecule has 1 atom stereocenters. The summed E-state index contributed by atoms with van der Waals surface area (Å²) in [6.07, 6.45) is 2.35. The highest BCUT2D eigenvalue weighted by Crippen LogP contribution is 2.24. The summed E-state index contributed by atoms with van der Waals surface area (Å²) in [5.41, 5.74) is 3.50. The molecule has 0 saturated heterocycles. The zero-order chi connectivity index (χ0) is 20.2. The van der Waals surface area contributed by atoms with E-state index >= 15 is 0 Å². The van der Waals surface area contributed by atoms with E-state index in [1.165, 1.54) is 11.1 Å². The average Bonchev–Trinajstić information content (AvgIpc) is 3.22. The quantitative estimate of drug-likeness (QED) is 0.421. The van der Waals surface area contributed by atoms with Gasteiger partial charge in [0.1, 0.15) is 11.5 Å². The van der Waals surface area contributed by atoms with Crippen LogP contribution in [0.1, 0.15) is 45.2 Å². The highest BCUT2D eigenvalue weighted by Gasteiger charge is 2.22. The molecule has 4 rings (SSSR count). The third-order valence-corrected chi connectivity index (χ3v) is 5.10. The van der Waals surface area contributed by atoms with Gasteiger partial charge in [0.2, 0.25) is 5.78 Å². The van der Waals surface area contributed by atoms with E-state index in [1.807, 2.05) is 48.5 Å². The van der Waals surface area contributed by atoms with Crippen LogP contribution < -0.4 is 4.74 Å². The summed E-state index contributed by atoms with van der Waals surface area (Å²) >= 11 is 0. The van der Waals surface area contributed by atoms with Crippen molar-refractivity contribution in [2.75, 3.05) is 0 Å². The van der Waals surface area contributed by atoms with Gasteiger partial charge in [0.15, 0.2) is 6.10 Å². The number of rotatable bonds is 6. The van der Waals surface area contributed by atoms with Gasteiger partial charge in [-0.05, 0) is 79.8 Å². The maximum Gasteiger partial charge on any atom is 0.338 e. The average molecular weight is 386 g/mol. The Labute approximate surface area is 170 Å². The first-order valence-corrected chi connectivity index (χ1v) is 9.80. The van der Waals surface area contributed by atoms with Crippen LogP contribution >= 0.6 is 0 Å². The largest absolute Gasteiger partial charge is 0.457 e. The fourth-order valence-corrected chi connectivity index (χ4v) is 3.53. The third-order valence-electron chi connectivity index (χ3n) is 5.10. The first-order valence-electron chi connectivity index (χ1n) is 9.80. The van der Waals surface area contributed by atoms with Crippen molar-refractivity contribution in [1.82, 2.24) is 0 Å². The molecule has 4 heteroatoms. The van der Waals surface area contributed by atoms with Crippen LogP contribution in [0.2, 0.25) is 0 Å². The zero-order valence-electron chi connectivity index (χ0n) is 16.3. The molecule has 4 nitrogen and oxygen atoms in total. The first kappa shape index (κ1) is 18.9. The molecule has 0 radical (unpaired) electrons. The molecule has 0 aliphatic heterocycles. The SMILES string of the molecule is C[C@@H](OC(=O)c1ccc(Oc2ccccc2)cc1)C(=O)c1ccc2c(c1)CCC2. The van der Waals surface area contributed by atoms with Gasteiger partial charge in [-0.3, -0.25) is 4.79 Å². The molecule has 146 valence electrons. The summed E-state index contributed by atoms with van der Waals surface area (Å²) in [5.74, 6) is 0.627. The summed E-state index contributed by atoms with van der Waals surface area (Å²) in [7, 11) is 0. The maximum absolute atomic E-state index is 12.7. The zero-order valence-corrected chi connectivity index (χ0v) is 16.3. The normalized spacial score (nSPS) is 13.4. The fourth-order valence-electron chi connectivity index (χ4n) is 3.53. The molecule has 0 fully saturated rings. The highest BCUT2D eigenvalue weighted by atomic mass is 16.5. The second-order valence-electron chi connectivity index (χ2n) is 7.19. The number of esters is 1. The number of carbonyl (C=O) groups is 2. The lowest BCUT2D eigenvalue weighted by molar-refractivity contribution is 0.0319. The molecule has 1 aliphatic rings. The first-order chi connectivity index (χ1) is 14.1. The molecule has 3 aromatic carbocycles. The van der Waals surface area contributed by atoms with E-state index in [0.29, 0.717) is 16.9 Å². The molecule has 1 aliphatic carbocycles. The van der Waals surface area contributed by atoms with Crippen molar-refractivity contribution in [3.8, 4) is 11.5 Å². The second kappa shape index (κ2) is 8.31. The van der Waals surface area contributed by atoms with Gasteiger partial charge in [0.25, 0.3) is 0 Å². The van der Waals surface area contributed by atoms with Crippen LogP contribution in [0.4, 0.5) is 0 Å². The second-order valence-corrected chi connectivity index (χ2v) is 7.19. The van der Waals surface area contributed by atoms with E-state index in [2.05, 4.69) is 0 Å². The molecule has 0 unspecified atom stereocenters. The number of benzene rings is 3. The van der Waals surface area contributed by atoms with Gasteiger partial charge in [-0.2, -0.15) is 0 Å². The summed E-state index contributed by atoms with van der Waals surface area (Å²) in [4.78, 5) is 25.1. The highest BCUT2D eigenvalue weighted by molar-refractivity contribution is 6.01. The van der Waals surface area contributed by atoms with Gasteiger partial charge in [0, 0.05) is 5.56 Å². The predicted molar refractivity (Wildman–Crippen MR) is 111 cm³/mol. The van der Waals surface area contributed by atoms with Crippen LogP contribution in [0.25, 0.3) is 0 Å². The van der Waals surface area contributed by atoms with Gasteiger partial charge >= 0.3 is 5.97 Å². The molecular weight excluding hydrogens is 364 g/mol. The van der Waals surface area contributed by atoms with Crippen LogP contribution in [0.3, 0.4) is 0 Å². The van der Waals surface area contributed by atoms with Crippen LogP contribution in [0.5, 0.6) is 11.5 Å². The smallest absolute Gasteiger partial charge is 0.338 e. The van der Waals surface area contributed by atoms with Crippen LogP contribution in [-0.2, 0) is 17.6 Å². The topological polar surface area (TPSA) is 52.6 Å². The maximum atomic E-state index is 12.7. The molecule has 29 heavy (non-hydrogen) atoms. The van der Waals surface area contributed by atoms with Crippen molar-refractivity contribution < 1.29 is 19.1 Å². The number of ether oxygens (including phenoxy) is 2. The number of ketones is 1.